The molecule has 0 aliphatic carbocycles. The van der Waals surface area contributed by atoms with Gasteiger partial charge >= 0.3 is 0 Å². The second-order valence-corrected chi connectivity index (χ2v) is 3.70. The lowest BCUT2D eigenvalue weighted by Crippen LogP contribution is -2.46. The molecule has 1 heterocycles. The topological polar surface area (TPSA) is 90.9 Å². The summed E-state index contributed by atoms with van der Waals surface area (Å²) in [5.74, 6) is -0.276. The van der Waals surface area contributed by atoms with Gasteiger partial charge in [-0.3, -0.25) is 4.79 Å². The first-order valence-electron chi connectivity index (χ1n) is 4.90. The molecule has 1 rings (SSSR count). The van der Waals surface area contributed by atoms with Gasteiger partial charge in [-0.05, 0) is 19.8 Å². The van der Waals surface area contributed by atoms with Crippen molar-refractivity contribution in [2.75, 3.05) is 6.61 Å². The van der Waals surface area contributed by atoms with Crippen molar-refractivity contribution in [3.8, 4) is 0 Å². The number of hydrogen-bond donors (Lipinski definition) is 3. The van der Waals surface area contributed by atoms with Crippen LogP contribution in [-0.2, 0) is 0 Å². The van der Waals surface area contributed by atoms with Crippen LogP contribution in [0.25, 0.3) is 0 Å². The van der Waals surface area contributed by atoms with Crippen LogP contribution < -0.4 is 5.32 Å². The van der Waals surface area contributed by atoms with Gasteiger partial charge in [0.1, 0.15) is 0 Å². The molecular weight excluding hydrogens is 196 g/mol. The normalized spacial score (nSPS) is 14.6. The Kier molecular flexibility index (Phi) is 3.79. The number of aromatic amines is 1. The summed E-state index contributed by atoms with van der Waals surface area (Å²) in [6.07, 6.45) is 2.63. The minimum Gasteiger partial charge on any atom is -0.396 e. The van der Waals surface area contributed by atoms with Crippen LogP contribution in [-0.4, -0.2) is 38.6 Å². The monoisotopic (exact) mass is 212 g/mol. The molecule has 0 saturated carbocycles. The van der Waals surface area contributed by atoms with Crippen molar-refractivity contribution in [2.24, 2.45) is 0 Å². The zero-order valence-electron chi connectivity index (χ0n) is 8.95. The third-order valence-corrected chi connectivity index (χ3v) is 2.51. The molecule has 0 spiro atoms. The van der Waals surface area contributed by atoms with Crippen LogP contribution >= 0.6 is 0 Å². The third kappa shape index (κ3) is 3.02. The highest BCUT2D eigenvalue weighted by molar-refractivity contribution is 5.92. The van der Waals surface area contributed by atoms with Crippen molar-refractivity contribution in [1.29, 1.82) is 0 Å². The van der Waals surface area contributed by atoms with Gasteiger partial charge in [0.2, 0.25) is 0 Å². The van der Waals surface area contributed by atoms with E-state index in [0.717, 1.165) is 6.42 Å². The van der Waals surface area contributed by atoms with Gasteiger partial charge in [-0.1, -0.05) is 6.92 Å². The summed E-state index contributed by atoms with van der Waals surface area (Å²) in [6, 6.07) is 0. The molecule has 0 fully saturated rings. The number of H-pyrrole nitrogens is 1. The summed E-state index contributed by atoms with van der Waals surface area (Å²) in [5, 5.41) is 21.3. The van der Waals surface area contributed by atoms with E-state index in [1.54, 1.807) is 0 Å². The molecule has 0 radical (unpaired) electrons. The Balaban J connectivity index is 2.63. The van der Waals surface area contributed by atoms with E-state index in [0.29, 0.717) is 6.42 Å². The SMILES string of the molecule is CCC(C)(CCO)NC(=O)c1cn[nH]n1. The number of hydrogen-bond acceptors (Lipinski definition) is 4. The van der Waals surface area contributed by atoms with Crippen LogP contribution in [0.5, 0.6) is 0 Å². The number of aliphatic hydroxyl groups excluding tert-OH is 1. The molecule has 0 aliphatic heterocycles. The second kappa shape index (κ2) is 4.88. The van der Waals surface area contributed by atoms with Gasteiger partial charge < -0.3 is 10.4 Å². The zero-order valence-corrected chi connectivity index (χ0v) is 8.95. The van der Waals surface area contributed by atoms with Crippen LogP contribution in [0.15, 0.2) is 6.20 Å². The highest BCUT2D eigenvalue weighted by atomic mass is 16.3. The van der Waals surface area contributed by atoms with Crippen molar-refractivity contribution in [3.05, 3.63) is 11.9 Å². The molecule has 15 heavy (non-hydrogen) atoms. The van der Waals surface area contributed by atoms with Crippen molar-refractivity contribution < 1.29 is 9.90 Å². The van der Waals surface area contributed by atoms with Crippen LogP contribution in [0.3, 0.4) is 0 Å². The number of carbonyl (C=O) groups excluding carboxylic acids is 1. The van der Waals surface area contributed by atoms with Gasteiger partial charge in [-0.25, -0.2) is 0 Å². The first kappa shape index (κ1) is 11.6. The minimum absolute atomic E-state index is 0.0451. The lowest BCUT2D eigenvalue weighted by Gasteiger charge is -2.28. The zero-order chi connectivity index (χ0) is 11.3. The van der Waals surface area contributed by atoms with Crippen molar-refractivity contribution in [1.82, 2.24) is 20.7 Å². The molecule has 0 bridgehead atoms. The lowest BCUT2D eigenvalue weighted by molar-refractivity contribution is 0.0881. The number of nitrogens with one attached hydrogen (secondary N) is 2. The maximum Gasteiger partial charge on any atom is 0.273 e. The number of rotatable bonds is 5. The maximum absolute atomic E-state index is 11.6. The second-order valence-electron chi connectivity index (χ2n) is 3.70. The molecule has 84 valence electrons. The Morgan fingerprint density at radius 2 is 2.47 bits per heavy atom. The van der Waals surface area contributed by atoms with Crippen LogP contribution in [0.1, 0.15) is 37.2 Å². The summed E-state index contributed by atoms with van der Waals surface area (Å²) in [4.78, 5) is 11.6. The van der Waals surface area contributed by atoms with Crippen molar-refractivity contribution >= 4 is 5.91 Å². The molecule has 1 amide bonds. The molecule has 1 atom stereocenters. The standard InChI is InChI=1S/C9H16N4O2/c1-3-9(2,4-5-14)11-8(15)7-6-10-13-12-7/h6,14H,3-5H2,1-2H3,(H,11,15)(H,10,12,13). The summed E-state index contributed by atoms with van der Waals surface area (Å²) in [7, 11) is 0. The van der Waals surface area contributed by atoms with E-state index >= 15 is 0 Å². The van der Waals surface area contributed by atoms with Gasteiger partial charge in [-0.15, -0.1) is 0 Å². The Morgan fingerprint density at radius 3 is 2.93 bits per heavy atom. The van der Waals surface area contributed by atoms with E-state index in [4.69, 9.17) is 5.11 Å². The number of aliphatic hydroxyl groups is 1. The molecule has 0 aliphatic rings. The Hall–Kier alpha value is -1.43. The Labute approximate surface area is 88.1 Å². The highest BCUT2D eigenvalue weighted by Crippen LogP contribution is 2.14. The molecule has 6 nitrogen and oxygen atoms in total. The van der Waals surface area contributed by atoms with E-state index in [1.165, 1.54) is 6.20 Å². The fourth-order valence-corrected chi connectivity index (χ4v) is 1.22. The maximum atomic E-state index is 11.6. The van der Waals surface area contributed by atoms with Gasteiger partial charge in [0, 0.05) is 12.1 Å². The molecule has 6 heteroatoms. The average Bonchev–Trinajstić information content (AvgIpc) is 2.71. The first-order chi connectivity index (χ1) is 7.11. The fourth-order valence-electron chi connectivity index (χ4n) is 1.22. The molecular formula is C9H16N4O2. The van der Waals surface area contributed by atoms with Crippen molar-refractivity contribution in [2.45, 2.75) is 32.2 Å². The molecule has 1 unspecified atom stereocenters. The van der Waals surface area contributed by atoms with Crippen LogP contribution in [0, 0.1) is 0 Å². The number of carbonyl (C=O) groups is 1. The van der Waals surface area contributed by atoms with Crippen molar-refractivity contribution in [3.63, 3.8) is 0 Å². The minimum atomic E-state index is -0.398. The third-order valence-electron chi connectivity index (χ3n) is 2.51. The number of nitrogens with zero attached hydrogens (tertiary/aromatic N) is 2. The first-order valence-corrected chi connectivity index (χ1v) is 4.90. The molecule has 1 aromatic rings. The van der Waals surface area contributed by atoms with E-state index < -0.39 is 5.54 Å². The highest BCUT2D eigenvalue weighted by Gasteiger charge is 2.24. The van der Waals surface area contributed by atoms with Crippen LogP contribution in [0.4, 0.5) is 0 Å². The van der Waals surface area contributed by atoms with E-state index in [-0.39, 0.29) is 18.2 Å². The van der Waals surface area contributed by atoms with Gasteiger partial charge in [-0.2, -0.15) is 15.4 Å². The Bertz CT molecular complexity index is 312. The predicted molar refractivity (Wildman–Crippen MR) is 54.2 cm³/mol. The lowest BCUT2D eigenvalue weighted by atomic mass is 9.95. The molecule has 3 N–H and O–H groups in total. The van der Waals surface area contributed by atoms with E-state index in [9.17, 15) is 4.79 Å². The summed E-state index contributed by atoms with van der Waals surface area (Å²) >= 11 is 0. The molecule has 0 aromatic carbocycles. The largest absolute Gasteiger partial charge is 0.396 e. The van der Waals surface area contributed by atoms with Gasteiger partial charge in [0.15, 0.2) is 5.69 Å². The van der Waals surface area contributed by atoms with Gasteiger partial charge in [0.05, 0.1) is 6.20 Å². The average molecular weight is 212 g/mol. The van der Waals surface area contributed by atoms with Crippen LogP contribution in [0.2, 0.25) is 0 Å². The quantitative estimate of drug-likeness (QED) is 0.645. The molecule has 1 aromatic heterocycles. The predicted octanol–water partition coefficient (Wildman–Crippen LogP) is 0.0856. The van der Waals surface area contributed by atoms with Gasteiger partial charge in [0.25, 0.3) is 5.91 Å². The number of amides is 1. The smallest absolute Gasteiger partial charge is 0.273 e. The summed E-state index contributed by atoms with van der Waals surface area (Å²) < 4.78 is 0. The number of aromatic nitrogens is 3. The van der Waals surface area contributed by atoms with E-state index in [2.05, 4.69) is 20.7 Å². The summed E-state index contributed by atoms with van der Waals surface area (Å²) in [6.45, 7) is 3.89. The van der Waals surface area contributed by atoms with E-state index in [1.807, 2.05) is 13.8 Å². The molecule has 0 saturated heterocycles. The summed E-state index contributed by atoms with van der Waals surface area (Å²) in [5.41, 5.74) is -0.141. The Morgan fingerprint density at radius 1 is 1.73 bits per heavy atom. The fraction of sp³-hybridized carbons (Fsp3) is 0.667.